The highest BCUT2D eigenvalue weighted by molar-refractivity contribution is 5.82. The molecule has 1 aliphatic rings. The van der Waals surface area contributed by atoms with Gasteiger partial charge in [0.25, 0.3) is 6.43 Å². The molecule has 2 rings (SSSR count). The van der Waals surface area contributed by atoms with Crippen LogP contribution in [0.4, 0.5) is 27.6 Å². The number of hydrogen-bond donors (Lipinski definition) is 0. The number of pyridine rings is 1. The van der Waals surface area contributed by atoms with E-state index < -0.39 is 41.4 Å². The van der Waals surface area contributed by atoms with Gasteiger partial charge in [0.15, 0.2) is 23.0 Å². The zero-order valence-electron chi connectivity index (χ0n) is 14.9. The lowest BCUT2D eigenvalue weighted by Crippen LogP contribution is -2.19. The lowest BCUT2D eigenvalue weighted by atomic mass is 10.1. The summed E-state index contributed by atoms with van der Waals surface area (Å²) >= 11 is 0. The SMILES string of the molecule is CC(=O)Oc1c(C(F)F)nc(C(F)(F)F)c(N=C2CCCO2)c1CN(C)C. The van der Waals surface area contributed by atoms with Crippen LogP contribution in [0, 0.1) is 0 Å². The van der Waals surface area contributed by atoms with E-state index in [1.165, 1.54) is 19.0 Å². The van der Waals surface area contributed by atoms with Crippen molar-refractivity contribution >= 4 is 17.6 Å². The van der Waals surface area contributed by atoms with Crippen molar-refractivity contribution in [3.8, 4) is 5.75 Å². The lowest BCUT2D eigenvalue weighted by Gasteiger charge is -2.21. The number of nitrogens with zero attached hydrogens (tertiary/aromatic N) is 3. The standard InChI is InChI=1S/C16H18F5N3O3/c1-8(25)27-13-9(7-24(2)3)11(22-10-5-4-6-26-10)14(16(19,20)21)23-12(13)15(17)18/h15H,4-7H2,1-3H3. The maximum absolute atomic E-state index is 13.5. The molecular weight excluding hydrogens is 377 g/mol. The molecule has 2 heterocycles. The number of ether oxygens (including phenoxy) is 2. The Morgan fingerprint density at radius 1 is 1.37 bits per heavy atom. The first kappa shape index (κ1) is 21.0. The summed E-state index contributed by atoms with van der Waals surface area (Å²) in [5.74, 6) is -1.63. The molecule has 0 unspecified atom stereocenters. The molecule has 0 radical (unpaired) electrons. The molecule has 1 aromatic rings. The van der Waals surface area contributed by atoms with E-state index in [4.69, 9.17) is 9.47 Å². The Bertz CT molecular complexity index is 740. The molecule has 150 valence electrons. The molecule has 1 aliphatic heterocycles. The Balaban J connectivity index is 2.85. The average molecular weight is 395 g/mol. The minimum absolute atomic E-state index is 0.0425. The molecule has 0 aromatic carbocycles. The van der Waals surface area contributed by atoms with E-state index >= 15 is 0 Å². The second-order valence-corrected chi connectivity index (χ2v) is 6.09. The van der Waals surface area contributed by atoms with E-state index in [9.17, 15) is 26.7 Å². The summed E-state index contributed by atoms with van der Waals surface area (Å²) in [4.78, 5) is 19.8. The number of aromatic nitrogens is 1. The van der Waals surface area contributed by atoms with Gasteiger partial charge in [-0.1, -0.05) is 0 Å². The predicted molar refractivity (Wildman–Crippen MR) is 85.2 cm³/mol. The largest absolute Gasteiger partial charge is 0.481 e. The summed E-state index contributed by atoms with van der Waals surface area (Å²) < 4.78 is 77.4. The number of esters is 1. The first-order valence-electron chi connectivity index (χ1n) is 7.96. The van der Waals surface area contributed by atoms with Crippen LogP contribution in [0.5, 0.6) is 5.75 Å². The molecule has 1 saturated heterocycles. The van der Waals surface area contributed by atoms with Crippen LogP contribution in [0.15, 0.2) is 4.99 Å². The second kappa shape index (κ2) is 8.15. The van der Waals surface area contributed by atoms with Crippen molar-refractivity contribution in [2.75, 3.05) is 20.7 Å². The molecule has 1 aromatic heterocycles. The van der Waals surface area contributed by atoms with Gasteiger partial charge >= 0.3 is 12.1 Å². The molecule has 0 spiro atoms. The third kappa shape index (κ3) is 5.12. The fourth-order valence-electron chi connectivity index (χ4n) is 2.51. The van der Waals surface area contributed by atoms with Gasteiger partial charge in [-0.15, -0.1) is 0 Å². The Kier molecular flexibility index (Phi) is 6.34. The molecule has 11 heteroatoms. The van der Waals surface area contributed by atoms with Gasteiger partial charge in [0, 0.05) is 25.5 Å². The van der Waals surface area contributed by atoms with Crippen molar-refractivity contribution < 1.29 is 36.2 Å². The fraction of sp³-hybridized carbons (Fsp3) is 0.562. The minimum atomic E-state index is -5.04. The molecule has 0 atom stereocenters. The van der Waals surface area contributed by atoms with Gasteiger partial charge in [-0.2, -0.15) is 13.2 Å². The normalized spacial score (nSPS) is 16.3. The van der Waals surface area contributed by atoms with Crippen LogP contribution < -0.4 is 4.74 Å². The Morgan fingerprint density at radius 2 is 2.04 bits per heavy atom. The Labute approximate surface area is 152 Å². The molecule has 0 N–H and O–H groups in total. The van der Waals surface area contributed by atoms with E-state index in [0.717, 1.165) is 6.92 Å². The molecule has 0 bridgehead atoms. The summed E-state index contributed by atoms with van der Waals surface area (Å²) in [6.45, 7) is 1.01. The van der Waals surface area contributed by atoms with Crippen molar-refractivity contribution in [3.63, 3.8) is 0 Å². The highest BCUT2D eigenvalue weighted by Gasteiger charge is 2.40. The molecule has 6 nitrogen and oxygen atoms in total. The predicted octanol–water partition coefficient (Wildman–Crippen LogP) is 3.87. The van der Waals surface area contributed by atoms with E-state index in [1.807, 2.05) is 0 Å². The van der Waals surface area contributed by atoms with Crippen molar-refractivity contribution in [1.82, 2.24) is 9.88 Å². The summed E-state index contributed by atoms with van der Waals surface area (Å²) in [7, 11) is 3.05. The number of alkyl halides is 5. The van der Waals surface area contributed by atoms with E-state index in [2.05, 4.69) is 9.98 Å². The van der Waals surface area contributed by atoms with Crippen LogP contribution in [-0.4, -0.2) is 42.5 Å². The highest BCUT2D eigenvalue weighted by Crippen LogP contribution is 2.45. The van der Waals surface area contributed by atoms with Crippen LogP contribution in [0.25, 0.3) is 0 Å². The molecule has 1 fully saturated rings. The topological polar surface area (TPSA) is 64.0 Å². The third-order valence-corrected chi connectivity index (χ3v) is 3.48. The van der Waals surface area contributed by atoms with Crippen molar-refractivity contribution in [2.24, 2.45) is 4.99 Å². The molecule has 0 saturated carbocycles. The van der Waals surface area contributed by atoms with Crippen LogP contribution in [0.1, 0.15) is 43.1 Å². The first-order chi connectivity index (χ1) is 12.5. The quantitative estimate of drug-likeness (QED) is 0.560. The van der Waals surface area contributed by atoms with Gasteiger partial charge in [-0.25, -0.2) is 18.8 Å². The Morgan fingerprint density at radius 3 is 2.48 bits per heavy atom. The summed E-state index contributed by atoms with van der Waals surface area (Å²) in [6, 6.07) is 0. The van der Waals surface area contributed by atoms with Crippen LogP contribution in [0.2, 0.25) is 0 Å². The van der Waals surface area contributed by atoms with Crippen molar-refractivity contribution in [3.05, 3.63) is 17.0 Å². The smallest absolute Gasteiger partial charge is 0.435 e. The number of halogens is 5. The van der Waals surface area contributed by atoms with Crippen LogP contribution in [0.3, 0.4) is 0 Å². The number of carbonyl (C=O) groups is 1. The number of rotatable bonds is 5. The highest BCUT2D eigenvalue weighted by atomic mass is 19.4. The van der Waals surface area contributed by atoms with Gasteiger partial charge in [0.05, 0.1) is 6.61 Å². The van der Waals surface area contributed by atoms with Gasteiger partial charge in [-0.05, 0) is 20.5 Å². The second-order valence-electron chi connectivity index (χ2n) is 6.09. The number of aliphatic imine (C=N–C) groups is 1. The first-order valence-corrected chi connectivity index (χ1v) is 7.96. The van der Waals surface area contributed by atoms with E-state index in [0.29, 0.717) is 19.4 Å². The van der Waals surface area contributed by atoms with Gasteiger partial charge in [0.2, 0.25) is 0 Å². The van der Waals surface area contributed by atoms with Crippen molar-refractivity contribution in [2.45, 2.75) is 38.9 Å². The van der Waals surface area contributed by atoms with Gasteiger partial charge < -0.3 is 14.4 Å². The maximum atomic E-state index is 13.5. The molecule has 0 amide bonds. The lowest BCUT2D eigenvalue weighted by molar-refractivity contribution is -0.140. The number of hydrogen-bond acceptors (Lipinski definition) is 6. The molecule has 27 heavy (non-hydrogen) atoms. The average Bonchev–Trinajstić information content (AvgIpc) is 3.01. The Hall–Kier alpha value is -2.30. The number of carbonyl (C=O) groups excluding carboxylic acids is 1. The van der Waals surface area contributed by atoms with E-state index in [-0.39, 0.29) is 18.0 Å². The zero-order valence-corrected chi connectivity index (χ0v) is 14.9. The minimum Gasteiger partial charge on any atom is -0.481 e. The fourth-order valence-corrected chi connectivity index (χ4v) is 2.51. The summed E-state index contributed by atoms with van der Waals surface area (Å²) in [5.41, 5.74) is -3.83. The maximum Gasteiger partial charge on any atom is 0.435 e. The van der Waals surface area contributed by atoms with E-state index in [1.54, 1.807) is 0 Å². The van der Waals surface area contributed by atoms with Gasteiger partial charge in [0.1, 0.15) is 5.69 Å². The van der Waals surface area contributed by atoms with Crippen LogP contribution in [-0.2, 0) is 22.3 Å². The molecular formula is C16H18F5N3O3. The summed E-state index contributed by atoms with van der Waals surface area (Å²) in [5, 5.41) is 0. The molecule has 0 aliphatic carbocycles. The van der Waals surface area contributed by atoms with Crippen molar-refractivity contribution in [1.29, 1.82) is 0 Å². The van der Waals surface area contributed by atoms with Gasteiger partial charge in [-0.3, -0.25) is 4.79 Å². The summed E-state index contributed by atoms with van der Waals surface area (Å²) in [6.07, 6.45) is -7.55. The third-order valence-electron chi connectivity index (χ3n) is 3.48. The zero-order chi connectivity index (χ0) is 20.4. The monoisotopic (exact) mass is 395 g/mol. The van der Waals surface area contributed by atoms with Crippen LogP contribution >= 0.6 is 0 Å².